The lowest BCUT2D eigenvalue weighted by Gasteiger charge is -2.46. The molecule has 0 aromatic heterocycles. The van der Waals surface area contributed by atoms with Crippen molar-refractivity contribution >= 4 is 8.32 Å². The van der Waals surface area contributed by atoms with Crippen LogP contribution in [0.4, 0.5) is 0 Å². The van der Waals surface area contributed by atoms with Gasteiger partial charge in [-0.05, 0) is 49.2 Å². The molecule has 102 valence electrons. The van der Waals surface area contributed by atoms with Crippen LogP contribution in [0.5, 0.6) is 0 Å². The second-order valence-corrected chi connectivity index (χ2v) is 12.0. The Morgan fingerprint density at radius 3 is 2.18 bits per heavy atom. The summed E-state index contributed by atoms with van der Waals surface area (Å²) in [4.78, 5) is 0. The largest absolute Gasteiger partial charge is 0.416 e. The fraction of sp³-hybridized carbons (Fsp3) is 1.00. The minimum Gasteiger partial charge on any atom is -0.416 e. The Morgan fingerprint density at radius 1 is 1.24 bits per heavy atom. The van der Waals surface area contributed by atoms with Crippen LogP contribution >= 0.6 is 0 Å². The third kappa shape index (κ3) is 3.80. The van der Waals surface area contributed by atoms with Gasteiger partial charge < -0.3 is 9.53 Å². The van der Waals surface area contributed by atoms with E-state index in [-0.39, 0.29) is 0 Å². The lowest BCUT2D eigenvalue weighted by molar-refractivity contribution is 0.0353. The summed E-state index contributed by atoms with van der Waals surface area (Å²) in [5, 5.41) is 9.27. The molecule has 3 heteroatoms. The summed E-state index contributed by atoms with van der Waals surface area (Å²) in [6.45, 7) is 12.8. The van der Waals surface area contributed by atoms with Crippen molar-refractivity contribution in [1.29, 1.82) is 0 Å². The van der Waals surface area contributed by atoms with Gasteiger partial charge in [0.2, 0.25) is 0 Å². The topological polar surface area (TPSA) is 29.5 Å². The van der Waals surface area contributed by atoms with E-state index < -0.39 is 8.32 Å². The van der Waals surface area contributed by atoms with Gasteiger partial charge in [0.15, 0.2) is 8.32 Å². The molecule has 0 aliphatic heterocycles. The van der Waals surface area contributed by atoms with Crippen molar-refractivity contribution in [2.45, 2.75) is 71.0 Å². The number of hydrogen-bond acceptors (Lipinski definition) is 2. The first-order valence-electron chi connectivity index (χ1n) is 6.97. The minimum atomic E-state index is -1.60. The Morgan fingerprint density at radius 2 is 1.82 bits per heavy atom. The molecule has 0 atom stereocenters. The maximum atomic E-state index is 8.97. The number of aliphatic hydroxyl groups is 1. The van der Waals surface area contributed by atoms with Gasteiger partial charge in [-0.15, -0.1) is 0 Å². The van der Waals surface area contributed by atoms with Crippen LogP contribution in [0, 0.1) is 5.41 Å². The highest BCUT2D eigenvalue weighted by Crippen LogP contribution is 2.47. The molecule has 1 aliphatic carbocycles. The van der Waals surface area contributed by atoms with E-state index in [9.17, 15) is 0 Å². The average Bonchev–Trinajstić information content (AvgIpc) is 2.14. The zero-order chi connectivity index (χ0) is 13.2. The van der Waals surface area contributed by atoms with Crippen LogP contribution in [0.1, 0.15) is 52.9 Å². The molecule has 1 rings (SSSR count). The van der Waals surface area contributed by atoms with Gasteiger partial charge in [0.25, 0.3) is 0 Å². The van der Waals surface area contributed by atoms with E-state index in [1.165, 1.54) is 19.3 Å². The molecule has 0 aromatic carbocycles. The van der Waals surface area contributed by atoms with E-state index in [2.05, 4.69) is 33.9 Å². The third-order valence-electron chi connectivity index (χ3n) is 4.82. The van der Waals surface area contributed by atoms with Crippen molar-refractivity contribution in [3.63, 3.8) is 0 Å². The van der Waals surface area contributed by atoms with E-state index in [1.54, 1.807) is 0 Å². The molecule has 1 aliphatic rings. The van der Waals surface area contributed by atoms with Gasteiger partial charge in [-0.1, -0.05) is 27.2 Å². The fourth-order valence-electron chi connectivity index (χ4n) is 2.15. The van der Waals surface area contributed by atoms with Crippen LogP contribution in [0.2, 0.25) is 18.1 Å². The van der Waals surface area contributed by atoms with Gasteiger partial charge in [-0.25, -0.2) is 0 Å². The van der Waals surface area contributed by atoms with Crippen molar-refractivity contribution < 1.29 is 9.53 Å². The first-order chi connectivity index (χ1) is 7.72. The molecule has 1 saturated carbocycles. The van der Waals surface area contributed by atoms with Crippen LogP contribution in [-0.2, 0) is 4.43 Å². The molecule has 0 heterocycles. The van der Waals surface area contributed by atoms with Crippen molar-refractivity contribution in [2.75, 3.05) is 13.2 Å². The van der Waals surface area contributed by atoms with Gasteiger partial charge >= 0.3 is 0 Å². The van der Waals surface area contributed by atoms with E-state index in [1.807, 2.05) is 0 Å². The highest BCUT2D eigenvalue weighted by molar-refractivity contribution is 6.74. The Balaban J connectivity index is 2.48. The Labute approximate surface area is 108 Å². The molecule has 0 bridgehead atoms. The minimum absolute atomic E-state index is 0.301. The van der Waals surface area contributed by atoms with Crippen LogP contribution in [0.15, 0.2) is 0 Å². The smallest absolute Gasteiger partial charge is 0.192 e. The van der Waals surface area contributed by atoms with E-state index in [0.717, 1.165) is 19.4 Å². The van der Waals surface area contributed by atoms with Gasteiger partial charge in [0, 0.05) is 13.2 Å². The Kier molecular flexibility index (Phi) is 4.84. The number of hydrogen-bond donors (Lipinski definition) is 1. The van der Waals surface area contributed by atoms with Crippen molar-refractivity contribution in [1.82, 2.24) is 0 Å². The first kappa shape index (κ1) is 15.2. The highest BCUT2D eigenvalue weighted by atomic mass is 28.4. The van der Waals surface area contributed by atoms with Gasteiger partial charge in [0.05, 0.1) is 0 Å². The lowest BCUT2D eigenvalue weighted by Crippen LogP contribution is -2.45. The molecule has 1 N–H and O–H groups in total. The molecule has 1 fully saturated rings. The standard InChI is InChI=1S/C14H30O2Si/c1-13(2,3)17(4,5)16-12-14(8-6-9-14)10-7-11-15/h15H,6-12H2,1-5H3. The SMILES string of the molecule is CC(C)(C)[Si](C)(C)OCC1(CCCO)CCC1. The summed E-state index contributed by atoms with van der Waals surface area (Å²) >= 11 is 0. The summed E-state index contributed by atoms with van der Waals surface area (Å²) in [6, 6.07) is 0. The second kappa shape index (κ2) is 5.41. The quantitative estimate of drug-likeness (QED) is 0.731. The molecule has 0 amide bonds. The summed E-state index contributed by atoms with van der Waals surface area (Å²) in [5.41, 5.74) is 0.401. The van der Waals surface area contributed by atoms with Crippen molar-refractivity contribution in [2.24, 2.45) is 5.41 Å². The van der Waals surface area contributed by atoms with Crippen LogP contribution in [-0.4, -0.2) is 26.6 Å². The van der Waals surface area contributed by atoms with Gasteiger partial charge in [0.1, 0.15) is 0 Å². The maximum Gasteiger partial charge on any atom is 0.192 e. The molecule has 0 radical (unpaired) electrons. The van der Waals surface area contributed by atoms with E-state index in [4.69, 9.17) is 9.53 Å². The summed E-state index contributed by atoms with van der Waals surface area (Å²) in [5.74, 6) is 0. The van der Waals surface area contributed by atoms with Crippen molar-refractivity contribution in [3.05, 3.63) is 0 Å². The zero-order valence-corrected chi connectivity index (χ0v) is 13.3. The van der Waals surface area contributed by atoms with Crippen LogP contribution in [0.3, 0.4) is 0 Å². The molecular weight excluding hydrogens is 228 g/mol. The molecular formula is C14H30O2Si. The number of aliphatic hydroxyl groups excluding tert-OH is 1. The van der Waals surface area contributed by atoms with E-state index >= 15 is 0 Å². The number of rotatable bonds is 6. The first-order valence-corrected chi connectivity index (χ1v) is 9.88. The van der Waals surface area contributed by atoms with Crippen LogP contribution < -0.4 is 0 Å². The average molecular weight is 258 g/mol. The monoisotopic (exact) mass is 258 g/mol. The third-order valence-corrected chi connectivity index (χ3v) is 9.30. The van der Waals surface area contributed by atoms with E-state index in [0.29, 0.717) is 17.1 Å². The normalized spacial score (nSPS) is 20.1. The fourth-order valence-corrected chi connectivity index (χ4v) is 3.25. The van der Waals surface area contributed by atoms with Gasteiger partial charge in [-0.3, -0.25) is 0 Å². The molecule has 0 saturated heterocycles. The van der Waals surface area contributed by atoms with Gasteiger partial charge in [-0.2, -0.15) is 0 Å². The Bertz CT molecular complexity index is 239. The Hall–Kier alpha value is 0.137. The second-order valence-electron chi connectivity index (χ2n) is 7.23. The summed E-state index contributed by atoms with van der Waals surface area (Å²) < 4.78 is 6.36. The zero-order valence-electron chi connectivity index (χ0n) is 12.3. The molecule has 2 nitrogen and oxygen atoms in total. The van der Waals surface area contributed by atoms with Crippen LogP contribution in [0.25, 0.3) is 0 Å². The maximum absolute atomic E-state index is 8.97. The predicted octanol–water partition coefficient (Wildman–Crippen LogP) is 3.95. The molecule has 0 unspecified atom stereocenters. The molecule has 17 heavy (non-hydrogen) atoms. The highest BCUT2D eigenvalue weighted by Gasteiger charge is 2.42. The van der Waals surface area contributed by atoms with Crippen molar-refractivity contribution in [3.8, 4) is 0 Å². The molecule has 0 spiro atoms. The summed E-state index contributed by atoms with van der Waals surface area (Å²) in [6.07, 6.45) is 5.99. The molecule has 0 aromatic rings. The lowest BCUT2D eigenvalue weighted by atomic mass is 9.67. The summed E-state index contributed by atoms with van der Waals surface area (Å²) in [7, 11) is -1.60. The predicted molar refractivity (Wildman–Crippen MR) is 75.8 cm³/mol.